The third kappa shape index (κ3) is 9.05. The minimum absolute atomic E-state index is 0.305. The molecule has 152 valence electrons. The van der Waals surface area contributed by atoms with Crippen LogP contribution < -0.4 is 0 Å². The standard InChI is InChI=1S/C25H36N2S/c1-4-5-6-7-8-9-10-14-19-28-25-20-23(17-18-24(25)26-21(2)3)27-22-15-12-11-13-16-22/h11-13,15-18,20-21H,4-10,14,19H2,1-3H3. The smallest absolute Gasteiger partial charge is 0.0714 e. The SMILES string of the molecule is CCCCCCCCCCSC1=CC(=Nc2ccccc2)C=CC1=NC(C)C. The molecule has 0 heterocycles. The first-order valence-corrected chi connectivity index (χ1v) is 11.9. The largest absolute Gasteiger partial charge is 0.281 e. The summed E-state index contributed by atoms with van der Waals surface area (Å²) >= 11 is 1.93. The van der Waals surface area contributed by atoms with Gasteiger partial charge in [-0.1, -0.05) is 70.1 Å². The highest BCUT2D eigenvalue weighted by Crippen LogP contribution is 2.25. The summed E-state index contributed by atoms with van der Waals surface area (Å²) in [7, 11) is 0. The lowest BCUT2D eigenvalue weighted by Gasteiger charge is -2.13. The van der Waals surface area contributed by atoms with Crippen molar-refractivity contribution < 1.29 is 0 Å². The summed E-state index contributed by atoms with van der Waals surface area (Å²) in [5, 5.41) is 0. The van der Waals surface area contributed by atoms with E-state index in [4.69, 9.17) is 9.98 Å². The quantitative estimate of drug-likeness (QED) is 0.260. The van der Waals surface area contributed by atoms with Gasteiger partial charge in [-0.3, -0.25) is 4.99 Å². The topological polar surface area (TPSA) is 24.7 Å². The molecular weight excluding hydrogens is 360 g/mol. The first kappa shape index (κ1) is 22.7. The third-order valence-corrected chi connectivity index (χ3v) is 5.74. The van der Waals surface area contributed by atoms with Crippen LogP contribution in [0.2, 0.25) is 0 Å². The number of rotatable bonds is 12. The van der Waals surface area contributed by atoms with Crippen molar-refractivity contribution in [1.82, 2.24) is 0 Å². The van der Waals surface area contributed by atoms with Crippen LogP contribution in [-0.4, -0.2) is 23.2 Å². The van der Waals surface area contributed by atoms with Crippen LogP contribution in [0, 0.1) is 0 Å². The number of nitrogens with zero attached hydrogens (tertiary/aromatic N) is 2. The number of aliphatic imine (C=N–C) groups is 2. The Morgan fingerprint density at radius 3 is 2.21 bits per heavy atom. The lowest BCUT2D eigenvalue weighted by atomic mass is 10.1. The van der Waals surface area contributed by atoms with Gasteiger partial charge in [0.25, 0.3) is 0 Å². The first-order chi connectivity index (χ1) is 13.7. The number of allylic oxidation sites excluding steroid dienone is 4. The molecule has 0 amide bonds. The zero-order chi connectivity index (χ0) is 20.0. The molecule has 1 aliphatic rings. The summed E-state index contributed by atoms with van der Waals surface area (Å²) in [5.74, 6) is 1.16. The average molecular weight is 397 g/mol. The summed E-state index contributed by atoms with van der Waals surface area (Å²) in [4.78, 5) is 10.8. The molecule has 1 aliphatic carbocycles. The second kappa shape index (κ2) is 13.5. The van der Waals surface area contributed by atoms with E-state index in [2.05, 4.69) is 39.0 Å². The molecule has 2 rings (SSSR count). The predicted molar refractivity (Wildman–Crippen MR) is 128 cm³/mol. The maximum Gasteiger partial charge on any atom is 0.0714 e. The number of hydrogen-bond donors (Lipinski definition) is 0. The van der Waals surface area contributed by atoms with Gasteiger partial charge in [-0.25, -0.2) is 4.99 Å². The van der Waals surface area contributed by atoms with Gasteiger partial charge in [-0.2, -0.15) is 0 Å². The fraction of sp³-hybridized carbons (Fsp3) is 0.520. The Kier molecular flexibility index (Phi) is 11.0. The summed E-state index contributed by atoms with van der Waals surface area (Å²) in [6, 6.07) is 10.5. The highest BCUT2D eigenvalue weighted by atomic mass is 32.2. The van der Waals surface area contributed by atoms with Crippen LogP contribution in [0.1, 0.15) is 72.1 Å². The molecule has 0 unspecified atom stereocenters. The summed E-state index contributed by atoms with van der Waals surface area (Å²) in [6.07, 6.45) is 17.3. The van der Waals surface area contributed by atoms with E-state index in [0.717, 1.165) is 22.9 Å². The maximum absolute atomic E-state index is 4.80. The number of para-hydroxylation sites is 1. The minimum Gasteiger partial charge on any atom is -0.281 e. The van der Waals surface area contributed by atoms with Crippen molar-refractivity contribution in [2.45, 2.75) is 78.2 Å². The predicted octanol–water partition coefficient (Wildman–Crippen LogP) is 7.94. The molecule has 1 aromatic rings. The molecule has 0 atom stereocenters. The van der Waals surface area contributed by atoms with Crippen LogP contribution in [-0.2, 0) is 0 Å². The second-order valence-electron chi connectivity index (χ2n) is 7.65. The van der Waals surface area contributed by atoms with Crippen molar-refractivity contribution in [2.24, 2.45) is 9.98 Å². The summed E-state index contributed by atoms with van der Waals surface area (Å²) in [6.45, 7) is 6.55. The number of benzene rings is 1. The van der Waals surface area contributed by atoms with Crippen molar-refractivity contribution in [2.75, 3.05) is 5.75 Å². The van der Waals surface area contributed by atoms with E-state index < -0.39 is 0 Å². The fourth-order valence-corrected chi connectivity index (χ4v) is 4.18. The minimum atomic E-state index is 0.305. The lowest BCUT2D eigenvalue weighted by Crippen LogP contribution is -2.09. The molecule has 2 nitrogen and oxygen atoms in total. The Morgan fingerprint density at radius 2 is 1.54 bits per heavy atom. The van der Waals surface area contributed by atoms with Crippen molar-refractivity contribution >= 4 is 28.9 Å². The zero-order valence-electron chi connectivity index (χ0n) is 17.9. The molecule has 0 saturated carbocycles. The van der Waals surface area contributed by atoms with Crippen LogP contribution in [0.5, 0.6) is 0 Å². The van der Waals surface area contributed by atoms with Crippen LogP contribution in [0.3, 0.4) is 0 Å². The molecule has 3 heteroatoms. The Bertz CT molecular complexity index is 684. The van der Waals surface area contributed by atoms with Gasteiger partial charge in [0.05, 0.1) is 17.1 Å². The van der Waals surface area contributed by atoms with Crippen LogP contribution >= 0.6 is 11.8 Å². The third-order valence-electron chi connectivity index (χ3n) is 4.61. The highest BCUT2D eigenvalue weighted by molar-refractivity contribution is 8.04. The van der Waals surface area contributed by atoms with Crippen LogP contribution in [0.25, 0.3) is 0 Å². The number of thioether (sulfide) groups is 1. The maximum atomic E-state index is 4.80. The normalized spacial score (nSPS) is 16.9. The molecule has 0 radical (unpaired) electrons. The average Bonchev–Trinajstić information content (AvgIpc) is 2.69. The van der Waals surface area contributed by atoms with Crippen molar-refractivity contribution in [3.63, 3.8) is 0 Å². The Labute approximate surface area is 176 Å². The van der Waals surface area contributed by atoms with E-state index in [0.29, 0.717) is 6.04 Å². The van der Waals surface area contributed by atoms with E-state index >= 15 is 0 Å². The molecule has 0 saturated heterocycles. The van der Waals surface area contributed by atoms with Gasteiger partial charge in [-0.15, -0.1) is 11.8 Å². The van der Waals surface area contributed by atoms with Gasteiger partial charge in [0.1, 0.15) is 0 Å². The Hall–Kier alpha value is -1.61. The molecular formula is C25H36N2S. The first-order valence-electron chi connectivity index (χ1n) is 10.9. The molecule has 0 aromatic heterocycles. The van der Waals surface area contributed by atoms with E-state index in [1.807, 2.05) is 42.1 Å². The molecule has 0 spiro atoms. The van der Waals surface area contributed by atoms with Crippen molar-refractivity contribution in [3.05, 3.63) is 53.5 Å². The zero-order valence-corrected chi connectivity index (χ0v) is 18.7. The molecule has 28 heavy (non-hydrogen) atoms. The van der Waals surface area contributed by atoms with E-state index in [-0.39, 0.29) is 0 Å². The molecule has 0 fully saturated rings. The van der Waals surface area contributed by atoms with Gasteiger partial charge in [0.2, 0.25) is 0 Å². The van der Waals surface area contributed by atoms with Crippen LogP contribution in [0.4, 0.5) is 5.69 Å². The van der Waals surface area contributed by atoms with E-state index in [1.165, 1.54) is 56.3 Å². The molecule has 0 N–H and O–H groups in total. The van der Waals surface area contributed by atoms with Gasteiger partial charge in [0, 0.05) is 10.9 Å². The van der Waals surface area contributed by atoms with Crippen molar-refractivity contribution in [3.8, 4) is 0 Å². The second-order valence-corrected chi connectivity index (χ2v) is 8.78. The Morgan fingerprint density at radius 1 is 0.857 bits per heavy atom. The molecule has 0 aliphatic heterocycles. The van der Waals surface area contributed by atoms with Gasteiger partial charge < -0.3 is 0 Å². The summed E-state index contributed by atoms with van der Waals surface area (Å²) in [5.41, 5.74) is 3.11. The summed E-state index contributed by atoms with van der Waals surface area (Å²) < 4.78 is 0. The van der Waals surface area contributed by atoms with E-state index in [9.17, 15) is 0 Å². The number of unbranched alkanes of at least 4 members (excludes halogenated alkanes) is 7. The van der Waals surface area contributed by atoms with Crippen molar-refractivity contribution in [1.29, 1.82) is 0 Å². The number of hydrogen-bond acceptors (Lipinski definition) is 3. The monoisotopic (exact) mass is 396 g/mol. The molecule has 0 bridgehead atoms. The van der Waals surface area contributed by atoms with Gasteiger partial charge in [-0.05, 0) is 56.4 Å². The van der Waals surface area contributed by atoms with Gasteiger partial charge >= 0.3 is 0 Å². The fourth-order valence-electron chi connectivity index (χ4n) is 3.14. The van der Waals surface area contributed by atoms with E-state index in [1.54, 1.807) is 0 Å². The Balaban J connectivity index is 1.87. The van der Waals surface area contributed by atoms with Crippen LogP contribution in [0.15, 0.2) is 63.4 Å². The lowest BCUT2D eigenvalue weighted by molar-refractivity contribution is 0.586. The highest BCUT2D eigenvalue weighted by Gasteiger charge is 2.12. The molecule has 1 aromatic carbocycles. The van der Waals surface area contributed by atoms with Gasteiger partial charge in [0.15, 0.2) is 0 Å².